The molecule has 0 heterocycles. The third kappa shape index (κ3) is 3.85. The highest BCUT2D eigenvalue weighted by Gasteiger charge is 2.01. The van der Waals surface area contributed by atoms with E-state index in [2.05, 4.69) is 78.0 Å². The third-order valence-corrected chi connectivity index (χ3v) is 5.97. The summed E-state index contributed by atoms with van der Waals surface area (Å²) in [6.07, 6.45) is 0. The summed E-state index contributed by atoms with van der Waals surface area (Å²) in [6.45, 7) is 0.750. The fourth-order valence-corrected chi connectivity index (χ4v) is 2.62. The van der Waals surface area contributed by atoms with Crippen molar-refractivity contribution >= 4 is 71.7 Å². The van der Waals surface area contributed by atoms with Crippen LogP contribution in [0.3, 0.4) is 0 Å². The van der Waals surface area contributed by atoms with Crippen LogP contribution >= 0.6 is 66.1 Å². The van der Waals surface area contributed by atoms with E-state index in [0.29, 0.717) is 0 Å². The van der Waals surface area contributed by atoms with Gasteiger partial charge >= 0.3 is 0 Å². The fourth-order valence-electron chi connectivity index (χ4n) is 1.46. The molecule has 18 heavy (non-hydrogen) atoms. The number of halogens is 4. The second-order valence-electron chi connectivity index (χ2n) is 3.73. The van der Waals surface area contributed by atoms with Crippen LogP contribution in [0.2, 0.25) is 5.02 Å². The molecule has 2 aromatic rings. The van der Waals surface area contributed by atoms with E-state index in [-0.39, 0.29) is 0 Å². The number of nitrogens with one attached hydrogen (secondary N) is 1. The van der Waals surface area contributed by atoms with Gasteiger partial charge in [-0.25, -0.2) is 0 Å². The predicted octanol–water partition coefficient (Wildman–Crippen LogP) is 6.08. The molecule has 94 valence electrons. The van der Waals surface area contributed by atoms with E-state index in [1.807, 2.05) is 18.2 Å². The van der Waals surface area contributed by atoms with Gasteiger partial charge in [0.25, 0.3) is 0 Å². The topological polar surface area (TPSA) is 12.0 Å². The molecule has 5 heteroatoms. The van der Waals surface area contributed by atoms with Crippen LogP contribution in [0, 0.1) is 3.57 Å². The maximum absolute atomic E-state index is 6.06. The number of anilines is 1. The van der Waals surface area contributed by atoms with Gasteiger partial charge in [0.1, 0.15) is 0 Å². The predicted molar refractivity (Wildman–Crippen MR) is 93.3 cm³/mol. The average Bonchev–Trinajstić information content (AvgIpc) is 2.35. The highest BCUT2D eigenvalue weighted by atomic mass is 127. The Labute approximate surface area is 142 Å². The Morgan fingerprint density at radius 3 is 2.50 bits per heavy atom. The van der Waals surface area contributed by atoms with Crippen molar-refractivity contribution in [2.75, 3.05) is 5.32 Å². The van der Waals surface area contributed by atoms with Crippen molar-refractivity contribution in [3.8, 4) is 0 Å². The Hall–Kier alpha value is 0.220. The van der Waals surface area contributed by atoms with Crippen LogP contribution < -0.4 is 5.32 Å². The average molecular weight is 501 g/mol. The van der Waals surface area contributed by atoms with Gasteiger partial charge in [0.05, 0.1) is 5.02 Å². The maximum Gasteiger partial charge on any atom is 0.0551 e. The van der Waals surface area contributed by atoms with Crippen LogP contribution in [0.4, 0.5) is 5.69 Å². The molecule has 1 nitrogen and oxygen atoms in total. The summed E-state index contributed by atoms with van der Waals surface area (Å²) in [5, 5.41) is 4.10. The maximum atomic E-state index is 6.06. The summed E-state index contributed by atoms with van der Waals surface area (Å²) in [6, 6.07) is 12.2. The molecular weight excluding hydrogens is 492 g/mol. The van der Waals surface area contributed by atoms with E-state index in [1.165, 1.54) is 3.57 Å². The molecular formula is C13H9Br2ClIN. The Bertz CT molecular complexity index is 523. The van der Waals surface area contributed by atoms with Gasteiger partial charge in [-0.2, -0.15) is 0 Å². The lowest BCUT2D eigenvalue weighted by Gasteiger charge is -2.08. The Morgan fingerprint density at radius 1 is 1.06 bits per heavy atom. The number of benzene rings is 2. The van der Waals surface area contributed by atoms with Crippen molar-refractivity contribution in [3.05, 3.63) is 59.5 Å². The van der Waals surface area contributed by atoms with Gasteiger partial charge in [0.15, 0.2) is 0 Å². The molecule has 0 unspecified atom stereocenters. The van der Waals surface area contributed by atoms with Crippen molar-refractivity contribution in [1.82, 2.24) is 0 Å². The minimum atomic E-state index is 0.734. The van der Waals surface area contributed by atoms with Gasteiger partial charge in [-0.3, -0.25) is 0 Å². The molecule has 2 aromatic carbocycles. The third-order valence-electron chi connectivity index (χ3n) is 2.40. The first kappa shape index (κ1) is 14.6. The monoisotopic (exact) mass is 499 g/mol. The fraction of sp³-hybridized carbons (Fsp3) is 0.0769. The van der Waals surface area contributed by atoms with Gasteiger partial charge < -0.3 is 5.32 Å². The molecule has 0 aliphatic rings. The lowest BCUT2D eigenvalue weighted by atomic mass is 10.2. The number of rotatable bonds is 3. The van der Waals surface area contributed by atoms with Crippen molar-refractivity contribution in [3.63, 3.8) is 0 Å². The van der Waals surface area contributed by atoms with Crippen LogP contribution in [-0.4, -0.2) is 0 Å². The summed E-state index contributed by atoms with van der Waals surface area (Å²) in [7, 11) is 0. The van der Waals surface area contributed by atoms with Gasteiger partial charge in [-0.1, -0.05) is 17.7 Å². The molecule has 0 radical (unpaired) electrons. The Kier molecular flexibility index (Phi) is 5.35. The van der Waals surface area contributed by atoms with Gasteiger partial charge in [-0.05, 0) is 90.3 Å². The zero-order valence-corrected chi connectivity index (χ0v) is 15.3. The normalized spacial score (nSPS) is 10.4. The van der Waals surface area contributed by atoms with Crippen LogP contribution in [-0.2, 0) is 6.54 Å². The minimum absolute atomic E-state index is 0.734. The lowest BCUT2D eigenvalue weighted by Crippen LogP contribution is -1.99. The SMILES string of the molecule is Clc1cc(CNc2ccc(I)c(Br)c2)ccc1Br. The summed E-state index contributed by atoms with van der Waals surface area (Å²) >= 11 is 15.3. The first-order valence-electron chi connectivity index (χ1n) is 5.19. The summed E-state index contributed by atoms with van der Waals surface area (Å²) < 4.78 is 3.22. The first-order valence-corrected chi connectivity index (χ1v) is 8.23. The summed E-state index contributed by atoms with van der Waals surface area (Å²) in [4.78, 5) is 0. The van der Waals surface area contributed by atoms with E-state index in [0.717, 1.165) is 31.8 Å². The van der Waals surface area contributed by atoms with Crippen LogP contribution in [0.1, 0.15) is 5.56 Å². The molecule has 0 aliphatic heterocycles. The molecule has 0 atom stereocenters. The number of hydrogen-bond donors (Lipinski definition) is 1. The zero-order chi connectivity index (χ0) is 13.1. The Balaban J connectivity index is 2.06. The van der Waals surface area contributed by atoms with Gasteiger partial charge in [-0.15, -0.1) is 0 Å². The van der Waals surface area contributed by atoms with Gasteiger partial charge in [0, 0.05) is 24.7 Å². The molecule has 2 rings (SSSR count). The molecule has 0 bridgehead atoms. The first-order chi connectivity index (χ1) is 8.56. The molecule has 0 amide bonds. The molecule has 0 saturated heterocycles. The second-order valence-corrected chi connectivity index (χ2v) is 7.01. The van der Waals surface area contributed by atoms with Crippen LogP contribution in [0.15, 0.2) is 45.3 Å². The minimum Gasteiger partial charge on any atom is -0.381 e. The highest BCUT2D eigenvalue weighted by molar-refractivity contribution is 14.1. The Morgan fingerprint density at radius 2 is 1.83 bits per heavy atom. The summed E-state index contributed by atoms with van der Waals surface area (Å²) in [5.41, 5.74) is 2.24. The molecule has 1 N–H and O–H groups in total. The number of hydrogen-bond acceptors (Lipinski definition) is 1. The highest BCUT2D eigenvalue weighted by Crippen LogP contribution is 2.25. The van der Waals surface area contributed by atoms with E-state index >= 15 is 0 Å². The van der Waals surface area contributed by atoms with E-state index in [4.69, 9.17) is 11.6 Å². The molecule has 0 aliphatic carbocycles. The van der Waals surface area contributed by atoms with Gasteiger partial charge in [0.2, 0.25) is 0 Å². The zero-order valence-electron chi connectivity index (χ0n) is 9.18. The standard InChI is InChI=1S/C13H9Br2ClIN/c14-10-3-1-8(5-12(10)16)7-18-9-2-4-13(17)11(15)6-9/h1-6,18H,7H2. The van der Waals surface area contributed by atoms with Crippen LogP contribution in [0.5, 0.6) is 0 Å². The second kappa shape index (κ2) is 6.59. The molecule has 0 aromatic heterocycles. The van der Waals surface area contributed by atoms with Crippen molar-refractivity contribution < 1.29 is 0 Å². The van der Waals surface area contributed by atoms with E-state index < -0.39 is 0 Å². The van der Waals surface area contributed by atoms with Crippen molar-refractivity contribution in [2.45, 2.75) is 6.54 Å². The van der Waals surface area contributed by atoms with E-state index in [9.17, 15) is 0 Å². The quantitative estimate of drug-likeness (QED) is 0.503. The van der Waals surface area contributed by atoms with Crippen molar-refractivity contribution in [2.24, 2.45) is 0 Å². The summed E-state index contributed by atoms with van der Waals surface area (Å²) in [5.74, 6) is 0. The van der Waals surface area contributed by atoms with Crippen LogP contribution in [0.25, 0.3) is 0 Å². The largest absolute Gasteiger partial charge is 0.381 e. The smallest absolute Gasteiger partial charge is 0.0551 e. The molecule has 0 spiro atoms. The molecule has 0 saturated carbocycles. The van der Waals surface area contributed by atoms with E-state index in [1.54, 1.807) is 0 Å². The molecule has 0 fully saturated rings. The lowest BCUT2D eigenvalue weighted by molar-refractivity contribution is 1.15. The van der Waals surface area contributed by atoms with Crippen molar-refractivity contribution in [1.29, 1.82) is 0 Å².